The fourth-order valence-electron chi connectivity index (χ4n) is 2.12. The van der Waals surface area contributed by atoms with Crippen molar-refractivity contribution in [1.82, 2.24) is 4.98 Å². The van der Waals surface area contributed by atoms with E-state index in [0.717, 1.165) is 21.9 Å². The Hall–Kier alpha value is -2.40. The largest absolute Gasteiger partial charge is 0.357 e. The molecule has 1 aromatic heterocycles. The van der Waals surface area contributed by atoms with Gasteiger partial charge in [-0.1, -0.05) is 49.4 Å². The summed E-state index contributed by atoms with van der Waals surface area (Å²) in [6.45, 7) is 4.47. The third-order valence-corrected chi connectivity index (χ3v) is 4.48. The zero-order chi connectivity index (χ0) is 16.2. The molecule has 5 heteroatoms. The highest BCUT2D eigenvalue weighted by atomic mass is 32.1. The van der Waals surface area contributed by atoms with Crippen LogP contribution in [0.15, 0.2) is 48.5 Å². The number of nitrogens with one attached hydrogen (secondary N) is 2. The van der Waals surface area contributed by atoms with Gasteiger partial charge >= 0.3 is 0 Å². The summed E-state index contributed by atoms with van der Waals surface area (Å²) in [7, 11) is 0. The van der Waals surface area contributed by atoms with Crippen LogP contribution in [-0.4, -0.2) is 10.9 Å². The number of carbonyl (C=O) groups is 1. The second-order valence-electron chi connectivity index (χ2n) is 5.68. The second kappa shape index (κ2) is 6.79. The van der Waals surface area contributed by atoms with Crippen LogP contribution < -0.4 is 10.6 Å². The topological polar surface area (TPSA) is 54.0 Å². The average Bonchev–Trinajstić information content (AvgIpc) is 2.97. The number of aromatic nitrogens is 1. The summed E-state index contributed by atoms with van der Waals surface area (Å²) in [4.78, 5) is 16.2. The molecule has 0 aliphatic rings. The lowest BCUT2D eigenvalue weighted by Gasteiger charge is -2.08. The number of hydrogen-bond acceptors (Lipinski definition) is 4. The van der Waals surface area contributed by atoms with Crippen LogP contribution in [0.4, 0.5) is 10.8 Å². The van der Waals surface area contributed by atoms with Crippen molar-refractivity contribution < 1.29 is 4.79 Å². The smallest absolute Gasteiger partial charge is 0.226 e. The lowest BCUT2D eigenvalue weighted by atomic mass is 10.1. The monoisotopic (exact) mass is 325 g/mol. The molecule has 0 fully saturated rings. The highest BCUT2D eigenvalue weighted by Crippen LogP contribution is 2.25. The zero-order valence-corrected chi connectivity index (χ0v) is 14.0. The number of nitrogens with zero attached hydrogens (tertiary/aromatic N) is 1. The van der Waals surface area contributed by atoms with Crippen LogP contribution in [0.1, 0.15) is 19.4 Å². The number of rotatable bonds is 5. The van der Waals surface area contributed by atoms with Crippen molar-refractivity contribution in [2.75, 3.05) is 10.6 Å². The van der Waals surface area contributed by atoms with Crippen LogP contribution in [0.5, 0.6) is 0 Å². The van der Waals surface area contributed by atoms with Crippen molar-refractivity contribution in [2.24, 2.45) is 5.92 Å². The van der Waals surface area contributed by atoms with Crippen LogP contribution in [0.2, 0.25) is 0 Å². The second-order valence-corrected chi connectivity index (χ2v) is 6.71. The van der Waals surface area contributed by atoms with Gasteiger partial charge in [-0.15, -0.1) is 0 Å². The van der Waals surface area contributed by atoms with Gasteiger partial charge in [0, 0.05) is 18.2 Å². The molecule has 0 bridgehead atoms. The molecule has 0 saturated carbocycles. The Morgan fingerprint density at radius 2 is 1.87 bits per heavy atom. The third kappa shape index (κ3) is 3.87. The van der Waals surface area contributed by atoms with E-state index in [9.17, 15) is 4.79 Å². The van der Waals surface area contributed by atoms with Crippen LogP contribution in [0.3, 0.4) is 0 Å². The number of fused-ring (bicyclic) bond motifs is 1. The molecule has 0 aliphatic carbocycles. The number of hydrogen-bond donors (Lipinski definition) is 2. The molecule has 1 heterocycles. The molecule has 0 atom stereocenters. The van der Waals surface area contributed by atoms with E-state index in [1.165, 1.54) is 4.70 Å². The van der Waals surface area contributed by atoms with Gasteiger partial charge in [-0.3, -0.25) is 4.79 Å². The first-order chi connectivity index (χ1) is 11.1. The highest BCUT2D eigenvalue weighted by molar-refractivity contribution is 7.22. The molecule has 4 nitrogen and oxygen atoms in total. The first-order valence-corrected chi connectivity index (χ1v) is 8.43. The molecule has 0 unspecified atom stereocenters. The Labute approximate surface area is 139 Å². The Morgan fingerprint density at radius 3 is 2.57 bits per heavy atom. The van der Waals surface area contributed by atoms with Crippen molar-refractivity contribution in [2.45, 2.75) is 20.4 Å². The minimum atomic E-state index is -0.0182. The molecule has 0 saturated heterocycles. The Kier molecular flexibility index (Phi) is 4.57. The molecular weight excluding hydrogens is 306 g/mol. The first-order valence-electron chi connectivity index (χ1n) is 7.61. The van der Waals surface area contributed by atoms with Gasteiger partial charge in [-0.25, -0.2) is 4.98 Å². The summed E-state index contributed by atoms with van der Waals surface area (Å²) < 4.78 is 1.18. The highest BCUT2D eigenvalue weighted by Gasteiger charge is 2.07. The number of thiazole rings is 1. The molecular formula is C18H19N3OS. The SMILES string of the molecule is CC(C)C(=O)Nc1ccc(CNc2nc3ccccc3s2)cc1. The van der Waals surface area contributed by atoms with E-state index in [1.807, 2.05) is 56.3 Å². The Bertz CT molecular complexity index is 776. The van der Waals surface area contributed by atoms with Gasteiger partial charge in [-0.05, 0) is 29.8 Å². The van der Waals surface area contributed by atoms with Gasteiger partial charge in [0.15, 0.2) is 5.13 Å². The molecule has 0 radical (unpaired) electrons. The molecule has 2 aromatic carbocycles. The summed E-state index contributed by atoms with van der Waals surface area (Å²) in [5, 5.41) is 7.16. The lowest BCUT2D eigenvalue weighted by Crippen LogP contribution is -2.17. The van der Waals surface area contributed by atoms with Crippen molar-refractivity contribution in [1.29, 1.82) is 0 Å². The van der Waals surface area contributed by atoms with Gasteiger partial charge in [0.2, 0.25) is 5.91 Å². The van der Waals surface area contributed by atoms with E-state index < -0.39 is 0 Å². The van der Waals surface area contributed by atoms with Crippen LogP contribution >= 0.6 is 11.3 Å². The molecule has 2 N–H and O–H groups in total. The molecule has 0 aliphatic heterocycles. The summed E-state index contributed by atoms with van der Waals surface area (Å²) >= 11 is 1.65. The normalized spacial score (nSPS) is 10.9. The number of para-hydroxylation sites is 1. The minimum absolute atomic E-state index is 0.0182. The number of carbonyl (C=O) groups excluding carboxylic acids is 1. The standard InChI is InChI=1S/C18H19N3OS/c1-12(2)17(22)20-14-9-7-13(8-10-14)11-19-18-21-15-5-3-4-6-16(15)23-18/h3-10,12H,11H2,1-2H3,(H,19,21)(H,20,22). The molecule has 3 rings (SSSR count). The number of amides is 1. The fraction of sp³-hybridized carbons (Fsp3) is 0.222. The summed E-state index contributed by atoms with van der Waals surface area (Å²) in [6.07, 6.45) is 0. The van der Waals surface area contributed by atoms with Crippen molar-refractivity contribution >= 4 is 38.3 Å². The molecule has 118 valence electrons. The van der Waals surface area contributed by atoms with Crippen molar-refractivity contribution in [3.8, 4) is 0 Å². The number of benzene rings is 2. The van der Waals surface area contributed by atoms with Crippen LogP contribution in [0, 0.1) is 5.92 Å². The summed E-state index contributed by atoms with van der Waals surface area (Å²) in [5.74, 6) is 0.0146. The van der Waals surface area contributed by atoms with E-state index in [1.54, 1.807) is 11.3 Å². The van der Waals surface area contributed by atoms with Gasteiger partial charge in [0.25, 0.3) is 0 Å². The van der Waals surface area contributed by atoms with E-state index in [2.05, 4.69) is 21.7 Å². The minimum Gasteiger partial charge on any atom is -0.357 e. The predicted molar refractivity (Wildman–Crippen MR) is 96.9 cm³/mol. The Morgan fingerprint density at radius 1 is 1.13 bits per heavy atom. The Balaban J connectivity index is 1.61. The van der Waals surface area contributed by atoms with Crippen molar-refractivity contribution in [3.63, 3.8) is 0 Å². The van der Waals surface area contributed by atoms with E-state index in [-0.39, 0.29) is 11.8 Å². The van der Waals surface area contributed by atoms with Gasteiger partial charge in [0.1, 0.15) is 0 Å². The molecule has 1 amide bonds. The predicted octanol–water partition coefficient (Wildman–Crippen LogP) is 4.50. The zero-order valence-electron chi connectivity index (χ0n) is 13.2. The quantitative estimate of drug-likeness (QED) is 0.726. The van der Waals surface area contributed by atoms with E-state index in [0.29, 0.717) is 6.54 Å². The maximum atomic E-state index is 11.7. The van der Waals surface area contributed by atoms with Gasteiger partial charge in [0.05, 0.1) is 10.2 Å². The number of anilines is 2. The van der Waals surface area contributed by atoms with Gasteiger partial charge in [-0.2, -0.15) is 0 Å². The van der Waals surface area contributed by atoms with Crippen molar-refractivity contribution in [3.05, 3.63) is 54.1 Å². The molecule has 23 heavy (non-hydrogen) atoms. The van der Waals surface area contributed by atoms with Crippen LogP contribution in [-0.2, 0) is 11.3 Å². The van der Waals surface area contributed by atoms with E-state index >= 15 is 0 Å². The maximum absolute atomic E-state index is 11.7. The van der Waals surface area contributed by atoms with Gasteiger partial charge < -0.3 is 10.6 Å². The molecule has 0 spiro atoms. The summed E-state index contributed by atoms with van der Waals surface area (Å²) in [6, 6.07) is 16.0. The lowest BCUT2D eigenvalue weighted by molar-refractivity contribution is -0.118. The first kappa shape index (κ1) is 15.5. The summed E-state index contributed by atoms with van der Waals surface area (Å²) in [5.41, 5.74) is 2.99. The average molecular weight is 325 g/mol. The molecule has 3 aromatic rings. The van der Waals surface area contributed by atoms with Crippen LogP contribution in [0.25, 0.3) is 10.2 Å². The third-order valence-electron chi connectivity index (χ3n) is 3.48. The maximum Gasteiger partial charge on any atom is 0.226 e. The van der Waals surface area contributed by atoms with E-state index in [4.69, 9.17) is 0 Å². The fourth-order valence-corrected chi connectivity index (χ4v) is 2.98.